The summed E-state index contributed by atoms with van der Waals surface area (Å²) in [5, 5.41) is 0.476. The smallest absolute Gasteiger partial charge is 0.151 e. The third-order valence-electron chi connectivity index (χ3n) is 3.12. The van der Waals surface area contributed by atoms with Crippen molar-refractivity contribution in [2.24, 2.45) is 0 Å². The molecular weight excluding hydrogens is 260 g/mol. The van der Waals surface area contributed by atoms with E-state index in [0.717, 1.165) is 36.0 Å². The van der Waals surface area contributed by atoms with Crippen molar-refractivity contribution in [1.82, 2.24) is 0 Å². The first-order valence-corrected chi connectivity index (χ1v) is 6.66. The minimum atomic E-state index is 0.381. The van der Waals surface area contributed by atoms with E-state index >= 15 is 0 Å². The molecule has 0 atom stereocenters. The van der Waals surface area contributed by atoms with E-state index < -0.39 is 0 Å². The third-order valence-corrected chi connectivity index (χ3v) is 3.46. The fraction of sp³-hybridized carbons (Fsp3) is 0.188. The number of halogens is 1. The van der Waals surface area contributed by atoms with Gasteiger partial charge in [-0.1, -0.05) is 29.8 Å². The molecule has 0 saturated heterocycles. The van der Waals surface area contributed by atoms with Crippen molar-refractivity contribution in [3.8, 4) is 16.9 Å². The van der Waals surface area contributed by atoms with Gasteiger partial charge in [0.1, 0.15) is 5.75 Å². The lowest BCUT2D eigenvalue weighted by molar-refractivity contribution is 0.112. The number of aldehydes is 1. The number of carbonyl (C=O) groups is 1. The van der Waals surface area contributed by atoms with Gasteiger partial charge < -0.3 is 4.74 Å². The van der Waals surface area contributed by atoms with Gasteiger partial charge in [-0.2, -0.15) is 0 Å². The van der Waals surface area contributed by atoms with Gasteiger partial charge in [-0.05, 0) is 48.2 Å². The average Bonchev–Trinajstić information content (AvgIpc) is 3.23. The van der Waals surface area contributed by atoms with Gasteiger partial charge >= 0.3 is 0 Å². The molecule has 2 nitrogen and oxygen atoms in total. The molecule has 0 radical (unpaired) electrons. The van der Waals surface area contributed by atoms with E-state index in [0.29, 0.717) is 16.7 Å². The molecule has 19 heavy (non-hydrogen) atoms. The Hall–Kier alpha value is -1.80. The second kappa shape index (κ2) is 5.06. The lowest BCUT2D eigenvalue weighted by Gasteiger charge is -2.08. The molecule has 0 N–H and O–H groups in total. The van der Waals surface area contributed by atoms with Crippen LogP contribution in [0.15, 0.2) is 42.5 Å². The largest absolute Gasteiger partial charge is 0.490 e. The molecule has 2 aromatic rings. The van der Waals surface area contributed by atoms with Crippen molar-refractivity contribution in [3.05, 3.63) is 53.1 Å². The molecular formula is C16H13ClO2. The fourth-order valence-corrected chi connectivity index (χ4v) is 2.10. The Kier molecular flexibility index (Phi) is 3.26. The van der Waals surface area contributed by atoms with Crippen molar-refractivity contribution in [3.63, 3.8) is 0 Å². The van der Waals surface area contributed by atoms with Crippen LogP contribution in [0, 0.1) is 0 Å². The summed E-state index contributed by atoms with van der Waals surface area (Å²) in [7, 11) is 0. The molecule has 3 heteroatoms. The van der Waals surface area contributed by atoms with Crippen LogP contribution in [0.5, 0.6) is 5.75 Å². The molecule has 1 aliphatic carbocycles. The predicted molar refractivity (Wildman–Crippen MR) is 75.9 cm³/mol. The molecule has 3 rings (SSSR count). The molecule has 0 unspecified atom stereocenters. The molecule has 0 heterocycles. The highest BCUT2D eigenvalue weighted by Crippen LogP contribution is 2.30. The van der Waals surface area contributed by atoms with Gasteiger partial charge in [-0.3, -0.25) is 4.79 Å². The first-order chi connectivity index (χ1) is 9.26. The average molecular weight is 273 g/mol. The highest BCUT2D eigenvalue weighted by Gasteiger charge is 2.23. The Bertz CT molecular complexity index is 618. The predicted octanol–water partition coefficient (Wildman–Crippen LogP) is 4.36. The molecule has 2 aromatic carbocycles. The minimum Gasteiger partial charge on any atom is -0.490 e. The second-order valence-electron chi connectivity index (χ2n) is 4.70. The van der Waals surface area contributed by atoms with Crippen LogP contribution in [-0.4, -0.2) is 12.4 Å². The van der Waals surface area contributed by atoms with Crippen molar-refractivity contribution in [2.45, 2.75) is 18.9 Å². The topological polar surface area (TPSA) is 26.3 Å². The van der Waals surface area contributed by atoms with Gasteiger partial charge in [-0.25, -0.2) is 0 Å². The van der Waals surface area contributed by atoms with E-state index in [1.807, 2.05) is 30.3 Å². The SMILES string of the molecule is O=Cc1cc(-c2cccc(OC3CC3)c2)ccc1Cl. The van der Waals surface area contributed by atoms with Crippen molar-refractivity contribution < 1.29 is 9.53 Å². The molecule has 1 fully saturated rings. The monoisotopic (exact) mass is 272 g/mol. The van der Waals surface area contributed by atoms with Crippen LogP contribution in [-0.2, 0) is 0 Å². The van der Waals surface area contributed by atoms with Crippen molar-refractivity contribution in [1.29, 1.82) is 0 Å². The van der Waals surface area contributed by atoms with Crippen LogP contribution in [0.2, 0.25) is 5.02 Å². The van der Waals surface area contributed by atoms with Gasteiger partial charge in [0.15, 0.2) is 6.29 Å². The van der Waals surface area contributed by atoms with E-state index in [1.165, 1.54) is 0 Å². The molecule has 0 aromatic heterocycles. The summed E-state index contributed by atoms with van der Waals surface area (Å²) in [6.07, 6.45) is 3.43. The highest BCUT2D eigenvalue weighted by molar-refractivity contribution is 6.33. The van der Waals surface area contributed by atoms with Crippen LogP contribution in [0.4, 0.5) is 0 Å². The second-order valence-corrected chi connectivity index (χ2v) is 5.11. The minimum absolute atomic E-state index is 0.381. The lowest BCUT2D eigenvalue weighted by Crippen LogP contribution is -1.95. The van der Waals surface area contributed by atoms with E-state index in [4.69, 9.17) is 16.3 Å². The van der Waals surface area contributed by atoms with Gasteiger partial charge in [0, 0.05) is 5.56 Å². The third kappa shape index (κ3) is 2.79. The Morgan fingerprint density at radius 2 is 1.89 bits per heavy atom. The van der Waals surface area contributed by atoms with Crippen molar-refractivity contribution in [2.75, 3.05) is 0 Å². The van der Waals surface area contributed by atoms with Gasteiger partial charge in [0.05, 0.1) is 11.1 Å². The van der Waals surface area contributed by atoms with Gasteiger partial charge in [0.2, 0.25) is 0 Å². The number of hydrogen-bond acceptors (Lipinski definition) is 2. The maximum Gasteiger partial charge on any atom is 0.151 e. The van der Waals surface area contributed by atoms with Crippen molar-refractivity contribution >= 4 is 17.9 Å². The molecule has 1 aliphatic rings. The quantitative estimate of drug-likeness (QED) is 0.773. The van der Waals surface area contributed by atoms with Crippen LogP contribution < -0.4 is 4.74 Å². The first kappa shape index (κ1) is 12.2. The number of ether oxygens (including phenoxy) is 1. The number of rotatable bonds is 4. The lowest BCUT2D eigenvalue weighted by atomic mass is 10.0. The van der Waals surface area contributed by atoms with Crippen LogP contribution in [0.25, 0.3) is 11.1 Å². The first-order valence-electron chi connectivity index (χ1n) is 6.28. The summed E-state index contributed by atoms with van der Waals surface area (Å²) in [5.74, 6) is 0.877. The molecule has 0 amide bonds. The zero-order valence-electron chi connectivity index (χ0n) is 10.3. The molecule has 0 bridgehead atoms. The van der Waals surface area contributed by atoms with Crippen LogP contribution >= 0.6 is 11.6 Å². The Balaban J connectivity index is 1.94. The summed E-state index contributed by atoms with van der Waals surface area (Å²) in [6.45, 7) is 0. The van der Waals surface area contributed by atoms with Crippen LogP contribution in [0.1, 0.15) is 23.2 Å². The Morgan fingerprint density at radius 3 is 2.63 bits per heavy atom. The van der Waals surface area contributed by atoms with E-state index in [1.54, 1.807) is 12.1 Å². The fourth-order valence-electron chi connectivity index (χ4n) is 1.94. The Labute approximate surface area is 117 Å². The molecule has 1 saturated carbocycles. The standard InChI is InChI=1S/C16H13ClO2/c17-16-7-4-12(8-13(16)10-18)11-2-1-3-15(9-11)19-14-5-6-14/h1-4,7-10,14H,5-6H2. The molecule has 0 spiro atoms. The number of hydrogen-bond donors (Lipinski definition) is 0. The maximum atomic E-state index is 10.9. The zero-order chi connectivity index (χ0) is 13.2. The van der Waals surface area contributed by atoms with E-state index in [-0.39, 0.29) is 0 Å². The summed E-state index contributed by atoms with van der Waals surface area (Å²) in [6, 6.07) is 13.4. The van der Waals surface area contributed by atoms with E-state index in [2.05, 4.69) is 0 Å². The molecule has 96 valence electrons. The summed E-state index contributed by atoms with van der Waals surface area (Å²) < 4.78 is 5.77. The summed E-state index contributed by atoms with van der Waals surface area (Å²) in [5.41, 5.74) is 2.50. The number of benzene rings is 2. The zero-order valence-corrected chi connectivity index (χ0v) is 11.1. The normalized spacial score (nSPS) is 14.2. The Morgan fingerprint density at radius 1 is 1.11 bits per heavy atom. The maximum absolute atomic E-state index is 10.9. The summed E-state index contributed by atoms with van der Waals surface area (Å²) >= 11 is 5.94. The highest BCUT2D eigenvalue weighted by atomic mass is 35.5. The van der Waals surface area contributed by atoms with E-state index in [9.17, 15) is 4.79 Å². The summed E-state index contributed by atoms with van der Waals surface area (Å²) in [4.78, 5) is 10.9. The van der Waals surface area contributed by atoms with Crippen LogP contribution in [0.3, 0.4) is 0 Å². The molecule has 0 aliphatic heterocycles. The van der Waals surface area contributed by atoms with Gasteiger partial charge in [-0.15, -0.1) is 0 Å². The van der Waals surface area contributed by atoms with Gasteiger partial charge in [0.25, 0.3) is 0 Å². The number of carbonyl (C=O) groups excluding carboxylic acids is 1.